The SMILES string of the molecule is C/C(=N\N=C(N)N)c1cccc(C(N)=O)c1. The van der Waals surface area contributed by atoms with Crippen LogP contribution in [-0.4, -0.2) is 17.6 Å². The Morgan fingerprint density at radius 2 is 1.75 bits per heavy atom. The van der Waals surface area contributed by atoms with E-state index in [4.69, 9.17) is 17.2 Å². The highest BCUT2D eigenvalue weighted by molar-refractivity contribution is 6.01. The van der Waals surface area contributed by atoms with Gasteiger partial charge in [0.05, 0.1) is 5.71 Å². The Labute approximate surface area is 92.8 Å². The fourth-order valence-corrected chi connectivity index (χ4v) is 1.09. The van der Waals surface area contributed by atoms with Gasteiger partial charge in [0, 0.05) is 5.56 Å². The van der Waals surface area contributed by atoms with E-state index in [9.17, 15) is 4.79 Å². The van der Waals surface area contributed by atoms with Gasteiger partial charge >= 0.3 is 0 Å². The lowest BCUT2D eigenvalue weighted by Gasteiger charge is -2.00. The second-order valence-electron chi connectivity index (χ2n) is 3.16. The van der Waals surface area contributed by atoms with Crippen LogP contribution >= 0.6 is 0 Å². The van der Waals surface area contributed by atoms with E-state index in [-0.39, 0.29) is 5.96 Å². The summed E-state index contributed by atoms with van der Waals surface area (Å²) in [5.41, 5.74) is 17.2. The smallest absolute Gasteiger partial charge is 0.248 e. The number of hydrogen-bond acceptors (Lipinski definition) is 3. The fourth-order valence-electron chi connectivity index (χ4n) is 1.09. The van der Waals surface area contributed by atoms with E-state index < -0.39 is 5.91 Å². The highest BCUT2D eigenvalue weighted by Crippen LogP contribution is 2.06. The third kappa shape index (κ3) is 3.09. The molecule has 0 aromatic heterocycles. The van der Waals surface area contributed by atoms with Crippen molar-refractivity contribution in [3.63, 3.8) is 0 Å². The first-order valence-electron chi connectivity index (χ1n) is 4.54. The van der Waals surface area contributed by atoms with Crippen molar-refractivity contribution in [2.24, 2.45) is 27.4 Å². The number of carbonyl (C=O) groups is 1. The minimum absolute atomic E-state index is 0.120. The third-order valence-electron chi connectivity index (χ3n) is 1.88. The van der Waals surface area contributed by atoms with Crippen LogP contribution in [-0.2, 0) is 0 Å². The lowest BCUT2D eigenvalue weighted by molar-refractivity contribution is 0.100. The van der Waals surface area contributed by atoms with Gasteiger partial charge in [-0.3, -0.25) is 4.79 Å². The maximum Gasteiger partial charge on any atom is 0.248 e. The van der Waals surface area contributed by atoms with Gasteiger partial charge in [-0.1, -0.05) is 12.1 Å². The Morgan fingerprint density at radius 3 is 2.31 bits per heavy atom. The molecule has 0 bridgehead atoms. The summed E-state index contributed by atoms with van der Waals surface area (Å²) < 4.78 is 0. The predicted molar refractivity (Wildman–Crippen MR) is 63.0 cm³/mol. The summed E-state index contributed by atoms with van der Waals surface area (Å²) in [7, 11) is 0. The molecule has 1 amide bonds. The molecule has 1 rings (SSSR count). The molecule has 1 aromatic rings. The Morgan fingerprint density at radius 1 is 1.12 bits per heavy atom. The van der Waals surface area contributed by atoms with E-state index in [1.165, 1.54) is 0 Å². The third-order valence-corrected chi connectivity index (χ3v) is 1.88. The highest BCUT2D eigenvalue weighted by Gasteiger charge is 2.03. The van der Waals surface area contributed by atoms with Crippen molar-refractivity contribution < 1.29 is 4.79 Å². The zero-order chi connectivity index (χ0) is 12.1. The summed E-state index contributed by atoms with van der Waals surface area (Å²) in [4.78, 5) is 11.0. The van der Waals surface area contributed by atoms with Crippen LogP contribution in [0.25, 0.3) is 0 Å². The van der Waals surface area contributed by atoms with Crippen LogP contribution < -0.4 is 17.2 Å². The van der Waals surface area contributed by atoms with Gasteiger partial charge in [-0.15, -0.1) is 5.10 Å². The van der Waals surface area contributed by atoms with Crippen LogP contribution in [0.1, 0.15) is 22.8 Å². The van der Waals surface area contributed by atoms with Crippen molar-refractivity contribution in [2.75, 3.05) is 0 Å². The zero-order valence-corrected chi connectivity index (χ0v) is 8.84. The fraction of sp³-hybridized carbons (Fsp3) is 0.100. The number of nitrogens with zero attached hydrogens (tertiary/aromatic N) is 2. The van der Waals surface area contributed by atoms with Crippen LogP contribution in [0.4, 0.5) is 0 Å². The number of primary amides is 1. The van der Waals surface area contributed by atoms with Crippen molar-refractivity contribution in [3.8, 4) is 0 Å². The first kappa shape index (κ1) is 11.7. The minimum Gasteiger partial charge on any atom is -0.369 e. The molecule has 0 aliphatic rings. The second kappa shape index (κ2) is 4.92. The van der Waals surface area contributed by atoms with Crippen molar-refractivity contribution in [2.45, 2.75) is 6.92 Å². The molecule has 0 heterocycles. The van der Waals surface area contributed by atoms with Crippen molar-refractivity contribution >= 4 is 17.6 Å². The quantitative estimate of drug-likeness (QED) is 0.370. The van der Waals surface area contributed by atoms with E-state index in [0.29, 0.717) is 11.3 Å². The Kier molecular flexibility index (Phi) is 3.60. The Hall–Kier alpha value is -2.37. The lowest BCUT2D eigenvalue weighted by atomic mass is 10.1. The van der Waals surface area contributed by atoms with Gasteiger partial charge in [0.2, 0.25) is 11.9 Å². The van der Waals surface area contributed by atoms with Crippen LogP contribution in [0, 0.1) is 0 Å². The molecule has 0 fully saturated rings. The van der Waals surface area contributed by atoms with Crippen LogP contribution in [0.2, 0.25) is 0 Å². The summed E-state index contributed by atoms with van der Waals surface area (Å²) in [5, 5.41) is 7.32. The minimum atomic E-state index is -0.489. The van der Waals surface area contributed by atoms with E-state index >= 15 is 0 Å². The van der Waals surface area contributed by atoms with Crippen molar-refractivity contribution in [3.05, 3.63) is 35.4 Å². The van der Waals surface area contributed by atoms with Gasteiger partial charge in [-0.2, -0.15) is 5.10 Å². The topological polar surface area (TPSA) is 120 Å². The zero-order valence-electron chi connectivity index (χ0n) is 8.84. The van der Waals surface area contributed by atoms with E-state index in [2.05, 4.69) is 10.2 Å². The number of hydrogen-bond donors (Lipinski definition) is 3. The number of rotatable bonds is 3. The average Bonchev–Trinajstić information content (AvgIpc) is 2.26. The molecule has 0 aliphatic heterocycles. The van der Waals surface area contributed by atoms with Crippen LogP contribution in [0.5, 0.6) is 0 Å². The number of carbonyl (C=O) groups excluding carboxylic acids is 1. The maximum atomic E-state index is 11.0. The van der Waals surface area contributed by atoms with Gasteiger partial charge in [-0.25, -0.2) is 0 Å². The van der Waals surface area contributed by atoms with Crippen LogP contribution in [0.15, 0.2) is 34.5 Å². The summed E-state index contributed by atoms with van der Waals surface area (Å²) in [5.74, 6) is -0.609. The second-order valence-corrected chi connectivity index (χ2v) is 3.16. The molecule has 6 heteroatoms. The average molecular weight is 219 g/mol. The normalized spacial score (nSPS) is 10.9. The van der Waals surface area contributed by atoms with Crippen LogP contribution in [0.3, 0.4) is 0 Å². The molecule has 6 N–H and O–H groups in total. The molecule has 0 atom stereocenters. The van der Waals surface area contributed by atoms with Crippen molar-refractivity contribution in [1.29, 1.82) is 0 Å². The highest BCUT2D eigenvalue weighted by atomic mass is 16.1. The molecule has 0 saturated heterocycles. The van der Waals surface area contributed by atoms with Gasteiger partial charge in [0.1, 0.15) is 0 Å². The summed E-state index contributed by atoms with van der Waals surface area (Å²) in [6.45, 7) is 1.73. The van der Waals surface area contributed by atoms with E-state index in [0.717, 1.165) is 5.56 Å². The first-order chi connectivity index (χ1) is 7.50. The Bertz CT molecular complexity index is 460. The number of benzene rings is 1. The van der Waals surface area contributed by atoms with Gasteiger partial charge in [-0.05, 0) is 24.6 Å². The van der Waals surface area contributed by atoms with Crippen molar-refractivity contribution in [1.82, 2.24) is 0 Å². The maximum absolute atomic E-state index is 11.0. The molecule has 84 valence electrons. The number of amides is 1. The molecule has 1 aromatic carbocycles. The molecule has 0 radical (unpaired) electrons. The monoisotopic (exact) mass is 219 g/mol. The molecule has 0 aliphatic carbocycles. The first-order valence-corrected chi connectivity index (χ1v) is 4.54. The molecule has 6 nitrogen and oxygen atoms in total. The van der Waals surface area contributed by atoms with E-state index in [1.807, 2.05) is 0 Å². The molecular formula is C10H13N5O. The molecule has 0 unspecified atom stereocenters. The van der Waals surface area contributed by atoms with Gasteiger partial charge in [0.25, 0.3) is 0 Å². The van der Waals surface area contributed by atoms with Gasteiger partial charge < -0.3 is 17.2 Å². The molecule has 16 heavy (non-hydrogen) atoms. The largest absolute Gasteiger partial charge is 0.369 e. The summed E-state index contributed by atoms with van der Waals surface area (Å²) in [6, 6.07) is 6.75. The summed E-state index contributed by atoms with van der Waals surface area (Å²) in [6.07, 6.45) is 0. The van der Waals surface area contributed by atoms with E-state index in [1.54, 1.807) is 31.2 Å². The molecule has 0 saturated carbocycles. The summed E-state index contributed by atoms with van der Waals surface area (Å²) >= 11 is 0. The van der Waals surface area contributed by atoms with Gasteiger partial charge in [0.15, 0.2) is 0 Å². The molecule has 0 spiro atoms. The number of nitrogens with two attached hydrogens (primary N) is 3. The predicted octanol–water partition coefficient (Wildman–Crippen LogP) is -0.217. The Balaban J connectivity index is 3.05. The number of guanidine groups is 1. The standard InChI is InChI=1S/C10H13N5O/c1-6(14-15-10(12)13)7-3-2-4-8(5-7)9(11)16/h2-5H,1H3,(H2,11,16)(H4,12,13,15)/b14-6+. The lowest BCUT2D eigenvalue weighted by Crippen LogP contribution is -2.22. The molecular weight excluding hydrogens is 206 g/mol.